The van der Waals surface area contributed by atoms with Crippen LogP contribution in [-0.2, 0) is 32.5 Å². The van der Waals surface area contributed by atoms with Gasteiger partial charge in [0.05, 0.1) is 16.7 Å². The van der Waals surface area contributed by atoms with Crippen molar-refractivity contribution in [3.05, 3.63) is 167 Å². The molecule has 3 aliphatic carbocycles. The maximum atomic E-state index is 4.23. The predicted molar refractivity (Wildman–Crippen MR) is 303 cm³/mol. The van der Waals surface area contributed by atoms with E-state index in [0.29, 0.717) is 0 Å². The van der Waals surface area contributed by atoms with Gasteiger partial charge in [0.2, 0.25) is 0 Å². The van der Waals surface area contributed by atoms with Gasteiger partial charge in [-0.2, -0.15) is 0 Å². The van der Waals surface area contributed by atoms with Crippen molar-refractivity contribution in [2.24, 2.45) is 0 Å². The zero-order valence-electron chi connectivity index (χ0n) is 44.0. The number of nitrogens with one attached hydrogen (secondary N) is 1. The Balaban J connectivity index is 1.22. The Morgan fingerprint density at radius 2 is 0.943 bits per heavy atom. The van der Waals surface area contributed by atoms with Crippen molar-refractivity contribution in [3.63, 3.8) is 0 Å². The molecule has 8 aromatic rings. The van der Waals surface area contributed by atoms with Crippen LogP contribution < -0.4 is 21.1 Å². The fourth-order valence-corrected chi connectivity index (χ4v) is 13.6. The number of fused-ring (bicyclic) bond motifs is 8. The molecule has 4 aliphatic rings. The van der Waals surface area contributed by atoms with Gasteiger partial charge in [-0.15, -0.1) is 0 Å². The molecule has 0 spiro atoms. The van der Waals surface area contributed by atoms with Crippen molar-refractivity contribution in [2.75, 3.05) is 10.2 Å². The highest BCUT2D eigenvalue weighted by Crippen LogP contribution is 2.54. The third-order valence-electron chi connectivity index (χ3n) is 18.4. The Hall–Kier alpha value is -6.00. The van der Waals surface area contributed by atoms with Gasteiger partial charge in [-0.25, -0.2) is 0 Å². The number of rotatable bonds is 6. The van der Waals surface area contributed by atoms with E-state index in [4.69, 9.17) is 0 Å². The molecule has 0 atom stereocenters. The van der Waals surface area contributed by atoms with Gasteiger partial charge in [0.15, 0.2) is 7.28 Å². The molecule has 0 radical (unpaired) electrons. The van der Waals surface area contributed by atoms with Crippen molar-refractivity contribution >= 4 is 68.4 Å². The summed E-state index contributed by atoms with van der Waals surface area (Å²) in [4.78, 5) is 2.53. The number of hydrogen-bond acceptors (Lipinski definition) is 2. The zero-order valence-corrected chi connectivity index (χ0v) is 44.0. The topological polar surface area (TPSA) is 20.2 Å². The number of nitrogens with zero attached hydrogens (tertiary/aromatic N) is 2. The van der Waals surface area contributed by atoms with E-state index in [2.05, 4.69) is 231 Å². The molecule has 2 heterocycles. The average Bonchev–Trinajstić information content (AvgIpc) is 3.68. The minimum atomic E-state index is 0.0166. The van der Waals surface area contributed by atoms with Crippen molar-refractivity contribution in [2.45, 2.75) is 154 Å². The molecular weight excluding hydrogens is 846 g/mol. The molecule has 1 aromatic heterocycles. The van der Waals surface area contributed by atoms with Crippen LogP contribution in [0.15, 0.2) is 133 Å². The summed E-state index contributed by atoms with van der Waals surface area (Å²) < 4.78 is 2.68. The Morgan fingerprint density at radius 1 is 0.457 bits per heavy atom. The van der Waals surface area contributed by atoms with Gasteiger partial charge in [0.1, 0.15) is 0 Å². The summed E-state index contributed by atoms with van der Waals surface area (Å²) in [5.74, 6) is 0. The quantitative estimate of drug-likeness (QED) is 0.168. The normalized spacial score (nSPS) is 19.3. The molecule has 0 bridgehead atoms. The molecule has 4 heteroatoms. The summed E-state index contributed by atoms with van der Waals surface area (Å²) in [7, 11) is 0.853. The molecule has 3 nitrogen and oxygen atoms in total. The van der Waals surface area contributed by atoms with Crippen LogP contribution in [0, 0.1) is 0 Å². The molecule has 0 saturated heterocycles. The lowest BCUT2D eigenvalue weighted by Gasteiger charge is -2.43. The van der Waals surface area contributed by atoms with Crippen molar-refractivity contribution in [1.29, 1.82) is 0 Å². The fraction of sp³-hybridized carbons (Fsp3) is 0.364. The molecule has 0 unspecified atom stereocenters. The maximum Gasteiger partial charge on any atom is 0.198 e. The lowest BCUT2D eigenvalue weighted by Crippen LogP contribution is -2.41. The number of benzene rings is 7. The molecule has 0 saturated carbocycles. The molecule has 1 N–H and O–H groups in total. The first-order valence-corrected chi connectivity index (χ1v) is 26.4. The first-order chi connectivity index (χ1) is 33.2. The van der Waals surface area contributed by atoms with Gasteiger partial charge in [-0.05, 0) is 182 Å². The van der Waals surface area contributed by atoms with Gasteiger partial charge in [-0.3, -0.25) is 0 Å². The lowest BCUT2D eigenvalue weighted by atomic mass is 9.55. The summed E-state index contributed by atoms with van der Waals surface area (Å²) in [5, 5.41) is 6.82. The van der Waals surface area contributed by atoms with Crippen LogP contribution in [0.25, 0.3) is 38.6 Å². The van der Waals surface area contributed by atoms with E-state index in [1.54, 1.807) is 0 Å². The first kappa shape index (κ1) is 45.2. The van der Waals surface area contributed by atoms with Crippen LogP contribution >= 0.6 is 0 Å². The second-order valence-electron chi connectivity index (χ2n) is 25.8. The largest absolute Gasteiger partial charge is 0.355 e. The average molecular weight is 918 g/mol. The standard InChI is InChI=1S/C66H72BN3/c1-61(2)29-30-62(3,4)48-35-41(27-28-47(48)61)68-54-39-51-49(63(5,6)31-33-65(51,9)10)36-45(54)46-37-57(69(42-21-15-13-16-22-42)43-23-17-14-18-24-43)58-44-25-19-20-26-55(44)70-56-40-52-50(38-53(56)67-59(46)60(58)70)64(7,8)32-34-66(52,11)12/h13-28,35-40,67-68H,29-34H2,1-12H3. The SMILES string of the molecule is CC1(C)CCC(C)(C)c2cc(Nc3cc4c(cc3-c3cc(N(c5ccccc5)c5ccccc5)c5c6ccccc6n6c5c3Bc3cc5c(cc3-6)C(C)(C)CCC5(C)C)C(C)(C)CCC4(C)C)ccc21. The summed E-state index contributed by atoms with van der Waals surface area (Å²) in [6.45, 7) is 29.6. The summed E-state index contributed by atoms with van der Waals surface area (Å²) in [6.07, 6.45) is 7.07. The van der Waals surface area contributed by atoms with Crippen molar-refractivity contribution in [1.82, 2.24) is 4.57 Å². The van der Waals surface area contributed by atoms with Gasteiger partial charge in [-0.1, -0.05) is 155 Å². The minimum absolute atomic E-state index is 0.0166. The molecule has 70 heavy (non-hydrogen) atoms. The Kier molecular flexibility index (Phi) is 9.84. The van der Waals surface area contributed by atoms with Crippen LogP contribution in [0.4, 0.5) is 28.4 Å². The molecule has 0 fully saturated rings. The van der Waals surface area contributed by atoms with Crippen molar-refractivity contribution < 1.29 is 0 Å². The summed E-state index contributed by atoms with van der Waals surface area (Å²) >= 11 is 0. The monoisotopic (exact) mass is 918 g/mol. The number of para-hydroxylation sites is 3. The highest BCUT2D eigenvalue weighted by molar-refractivity contribution is 6.73. The van der Waals surface area contributed by atoms with Crippen LogP contribution in [0.1, 0.15) is 155 Å². The third-order valence-corrected chi connectivity index (χ3v) is 18.4. The predicted octanol–water partition coefficient (Wildman–Crippen LogP) is 16.4. The second-order valence-corrected chi connectivity index (χ2v) is 25.8. The van der Waals surface area contributed by atoms with Crippen LogP contribution in [0.3, 0.4) is 0 Å². The molecule has 12 rings (SSSR count). The van der Waals surface area contributed by atoms with E-state index in [1.807, 2.05) is 0 Å². The third kappa shape index (κ3) is 6.89. The zero-order chi connectivity index (χ0) is 48.9. The van der Waals surface area contributed by atoms with Crippen LogP contribution in [0.5, 0.6) is 0 Å². The minimum Gasteiger partial charge on any atom is -0.355 e. The van der Waals surface area contributed by atoms with E-state index in [-0.39, 0.29) is 32.5 Å². The van der Waals surface area contributed by atoms with E-state index < -0.39 is 0 Å². The Bertz CT molecular complexity index is 3400. The second kappa shape index (κ2) is 15.3. The number of anilines is 5. The molecule has 354 valence electrons. The van der Waals surface area contributed by atoms with Gasteiger partial charge in [0, 0.05) is 44.8 Å². The Labute approximate surface area is 419 Å². The summed E-state index contributed by atoms with van der Waals surface area (Å²) in [5.41, 5.74) is 24.6. The molecular formula is C66H72BN3. The first-order valence-electron chi connectivity index (χ1n) is 26.4. The number of hydrogen-bond donors (Lipinski definition) is 1. The molecule has 7 aromatic carbocycles. The van der Waals surface area contributed by atoms with E-state index in [0.717, 1.165) is 31.5 Å². The maximum absolute atomic E-state index is 4.23. The Morgan fingerprint density at radius 3 is 1.53 bits per heavy atom. The van der Waals surface area contributed by atoms with Gasteiger partial charge < -0.3 is 14.8 Å². The highest BCUT2D eigenvalue weighted by atomic mass is 15.1. The van der Waals surface area contributed by atoms with E-state index in [9.17, 15) is 0 Å². The molecule has 0 amide bonds. The van der Waals surface area contributed by atoms with Gasteiger partial charge in [0.25, 0.3) is 0 Å². The lowest BCUT2D eigenvalue weighted by molar-refractivity contribution is 0.332. The van der Waals surface area contributed by atoms with Crippen LogP contribution in [-0.4, -0.2) is 11.8 Å². The van der Waals surface area contributed by atoms with E-state index in [1.165, 1.54) is 126 Å². The number of aromatic nitrogens is 1. The smallest absolute Gasteiger partial charge is 0.198 e. The van der Waals surface area contributed by atoms with E-state index >= 15 is 0 Å². The fourth-order valence-electron chi connectivity index (χ4n) is 13.6. The summed E-state index contributed by atoms with van der Waals surface area (Å²) in [6, 6.07) is 51.7. The van der Waals surface area contributed by atoms with Gasteiger partial charge >= 0.3 is 0 Å². The highest BCUT2D eigenvalue weighted by Gasteiger charge is 2.42. The molecule has 1 aliphatic heterocycles. The van der Waals surface area contributed by atoms with Crippen molar-refractivity contribution in [3.8, 4) is 16.8 Å². The van der Waals surface area contributed by atoms with Crippen LogP contribution in [0.2, 0.25) is 0 Å².